The zero-order chi connectivity index (χ0) is 24.0. The molecule has 0 radical (unpaired) electrons. The van der Waals surface area contributed by atoms with E-state index in [2.05, 4.69) is 4.98 Å². The Morgan fingerprint density at radius 3 is 2.45 bits per heavy atom. The normalized spacial score (nSPS) is 10.8. The number of H-pyrrole nitrogens is 1. The van der Waals surface area contributed by atoms with E-state index in [9.17, 15) is 23.6 Å². The van der Waals surface area contributed by atoms with Crippen LogP contribution in [0.2, 0.25) is 0 Å². The number of nitrogens with two attached hydrogens (primary N) is 1. The topological polar surface area (TPSA) is 127 Å². The van der Waals surface area contributed by atoms with Crippen LogP contribution in [0.4, 0.5) is 15.9 Å². The monoisotopic (exact) mass is 452 g/mol. The molecule has 0 aliphatic heterocycles. The molecular formula is C23H21FN4O5. The number of amides is 1. The van der Waals surface area contributed by atoms with Crippen LogP contribution in [0.3, 0.4) is 0 Å². The third-order valence-corrected chi connectivity index (χ3v) is 4.73. The molecule has 0 saturated carbocycles. The van der Waals surface area contributed by atoms with Gasteiger partial charge < -0.3 is 15.4 Å². The van der Waals surface area contributed by atoms with Gasteiger partial charge in [0.2, 0.25) is 0 Å². The number of hydrogen-bond acceptors (Lipinski definition) is 6. The summed E-state index contributed by atoms with van der Waals surface area (Å²) < 4.78 is 19.0. The first-order chi connectivity index (χ1) is 15.8. The molecule has 3 N–H and O–H groups in total. The number of nitrogens with one attached hydrogen (secondary N) is 1. The summed E-state index contributed by atoms with van der Waals surface area (Å²) >= 11 is 0. The van der Waals surface area contributed by atoms with Gasteiger partial charge in [-0.2, -0.15) is 0 Å². The van der Waals surface area contributed by atoms with E-state index in [1.54, 1.807) is 24.3 Å². The van der Waals surface area contributed by atoms with Crippen molar-refractivity contribution in [2.24, 2.45) is 0 Å². The first-order valence-corrected chi connectivity index (χ1v) is 9.79. The highest BCUT2D eigenvalue weighted by atomic mass is 19.1. The van der Waals surface area contributed by atoms with Gasteiger partial charge >= 0.3 is 11.7 Å². The Bertz CT molecular complexity index is 1300. The predicted molar refractivity (Wildman–Crippen MR) is 121 cm³/mol. The highest BCUT2D eigenvalue weighted by Gasteiger charge is 2.21. The molecule has 0 atom stereocenters. The molecule has 33 heavy (non-hydrogen) atoms. The average Bonchev–Trinajstić information content (AvgIpc) is 2.80. The summed E-state index contributed by atoms with van der Waals surface area (Å²) in [6.45, 7) is -0.583. The molecule has 0 fully saturated rings. The number of likely N-dealkylation sites (N-methyl/N-ethyl adjacent to an activating group) is 1. The van der Waals surface area contributed by atoms with E-state index in [0.717, 1.165) is 21.1 Å². The lowest BCUT2D eigenvalue weighted by Gasteiger charge is -2.20. The molecule has 0 aliphatic carbocycles. The molecule has 1 amide bonds. The van der Waals surface area contributed by atoms with Crippen LogP contribution in [0.5, 0.6) is 0 Å². The van der Waals surface area contributed by atoms with Crippen LogP contribution in [-0.2, 0) is 20.9 Å². The highest BCUT2D eigenvalue weighted by molar-refractivity contribution is 5.97. The van der Waals surface area contributed by atoms with Crippen LogP contribution in [0.25, 0.3) is 6.08 Å². The van der Waals surface area contributed by atoms with Crippen LogP contribution in [0, 0.1) is 5.82 Å². The zero-order valence-corrected chi connectivity index (χ0v) is 17.7. The Morgan fingerprint density at radius 2 is 1.79 bits per heavy atom. The molecule has 2 aromatic carbocycles. The molecule has 1 heterocycles. The smallest absolute Gasteiger partial charge is 0.331 e. The lowest BCUT2D eigenvalue weighted by Crippen LogP contribution is -2.40. The number of nitrogen functional groups attached to an aromatic ring is 1. The molecule has 0 bridgehead atoms. The van der Waals surface area contributed by atoms with E-state index in [1.807, 2.05) is 6.07 Å². The maximum Gasteiger partial charge on any atom is 0.331 e. The second kappa shape index (κ2) is 10.2. The Balaban J connectivity index is 1.71. The molecule has 3 aromatic rings. The van der Waals surface area contributed by atoms with Gasteiger partial charge in [-0.25, -0.2) is 14.0 Å². The molecule has 0 saturated heterocycles. The number of hydrogen-bond donors (Lipinski definition) is 2. The van der Waals surface area contributed by atoms with Gasteiger partial charge in [0.15, 0.2) is 12.3 Å². The maximum atomic E-state index is 12.9. The van der Waals surface area contributed by atoms with Crippen molar-refractivity contribution < 1.29 is 18.7 Å². The quantitative estimate of drug-likeness (QED) is 0.413. The number of carbonyl (C=O) groups is 2. The number of anilines is 2. The number of benzene rings is 2. The van der Waals surface area contributed by atoms with Crippen LogP contribution in [-0.4, -0.2) is 35.1 Å². The lowest BCUT2D eigenvalue weighted by molar-refractivity contribution is -0.142. The van der Waals surface area contributed by atoms with E-state index < -0.39 is 35.5 Å². The number of ether oxygens (including phenoxy) is 1. The van der Waals surface area contributed by atoms with E-state index >= 15 is 0 Å². The van der Waals surface area contributed by atoms with Crippen LogP contribution in [0.15, 0.2) is 70.3 Å². The third kappa shape index (κ3) is 5.82. The number of halogens is 1. The molecule has 170 valence electrons. The third-order valence-electron chi connectivity index (χ3n) is 4.73. The van der Waals surface area contributed by atoms with Crippen LogP contribution >= 0.6 is 0 Å². The molecule has 0 aliphatic rings. The van der Waals surface area contributed by atoms with Gasteiger partial charge in [0.25, 0.3) is 11.5 Å². The van der Waals surface area contributed by atoms with Gasteiger partial charge in [0, 0.05) is 13.1 Å². The van der Waals surface area contributed by atoms with E-state index in [1.165, 1.54) is 37.4 Å². The van der Waals surface area contributed by atoms with Gasteiger partial charge in [-0.1, -0.05) is 42.5 Å². The number of rotatable bonds is 7. The summed E-state index contributed by atoms with van der Waals surface area (Å²) in [5.74, 6) is -2.16. The fourth-order valence-electron chi connectivity index (χ4n) is 2.97. The molecule has 10 heteroatoms. The molecule has 9 nitrogen and oxygen atoms in total. The van der Waals surface area contributed by atoms with E-state index in [0.29, 0.717) is 5.56 Å². The number of aromatic amines is 1. The van der Waals surface area contributed by atoms with Crippen LogP contribution in [0.1, 0.15) is 11.1 Å². The molecule has 0 spiro atoms. The van der Waals surface area contributed by atoms with Gasteiger partial charge in [0.1, 0.15) is 11.6 Å². The minimum Gasteiger partial charge on any atom is -0.452 e. The van der Waals surface area contributed by atoms with Gasteiger partial charge in [-0.15, -0.1) is 0 Å². The Morgan fingerprint density at radius 1 is 1.12 bits per heavy atom. The summed E-state index contributed by atoms with van der Waals surface area (Å²) in [5.41, 5.74) is 5.58. The fraction of sp³-hybridized carbons (Fsp3) is 0.130. The Hall–Kier alpha value is -4.47. The van der Waals surface area contributed by atoms with Crippen LogP contribution < -0.4 is 21.9 Å². The standard InChI is InChI=1S/C23H21FN4O5/c1-27(18(29)14-33-19(30)12-9-15-7-10-17(24)11-8-15)20-21(25)28(23(32)26-22(20)31)13-16-5-3-2-4-6-16/h2-12H,13-14,25H2,1H3,(H,26,31,32). The molecule has 3 rings (SSSR count). The fourth-order valence-corrected chi connectivity index (χ4v) is 2.97. The van der Waals surface area contributed by atoms with Gasteiger partial charge in [0.05, 0.1) is 6.54 Å². The van der Waals surface area contributed by atoms with Crippen molar-refractivity contribution >= 4 is 29.5 Å². The largest absolute Gasteiger partial charge is 0.452 e. The zero-order valence-electron chi connectivity index (χ0n) is 17.7. The summed E-state index contributed by atoms with van der Waals surface area (Å²) in [5, 5.41) is 0. The highest BCUT2D eigenvalue weighted by Crippen LogP contribution is 2.16. The van der Waals surface area contributed by atoms with Crippen molar-refractivity contribution in [3.05, 3.63) is 98.5 Å². The summed E-state index contributed by atoms with van der Waals surface area (Å²) in [6, 6.07) is 14.4. The minimum absolute atomic E-state index is 0.0838. The summed E-state index contributed by atoms with van der Waals surface area (Å²) in [4.78, 5) is 52.1. The van der Waals surface area contributed by atoms with Crippen molar-refractivity contribution in [3.8, 4) is 0 Å². The van der Waals surface area contributed by atoms with E-state index in [-0.39, 0.29) is 18.1 Å². The molecule has 0 unspecified atom stereocenters. The first-order valence-electron chi connectivity index (χ1n) is 9.79. The average molecular weight is 452 g/mol. The second-order valence-corrected chi connectivity index (χ2v) is 7.01. The second-order valence-electron chi connectivity index (χ2n) is 7.01. The summed E-state index contributed by atoms with van der Waals surface area (Å²) in [7, 11) is 1.28. The Labute approximate surface area is 187 Å². The minimum atomic E-state index is -0.847. The lowest BCUT2D eigenvalue weighted by atomic mass is 10.2. The molecular weight excluding hydrogens is 431 g/mol. The number of esters is 1. The van der Waals surface area contributed by atoms with Crippen molar-refractivity contribution in [2.45, 2.75) is 6.54 Å². The first kappa shape index (κ1) is 23.2. The van der Waals surface area contributed by atoms with Crippen molar-refractivity contribution in [3.63, 3.8) is 0 Å². The number of carbonyl (C=O) groups excluding carboxylic acids is 2. The van der Waals surface area contributed by atoms with Crippen molar-refractivity contribution in [1.29, 1.82) is 0 Å². The van der Waals surface area contributed by atoms with Gasteiger partial charge in [-0.05, 0) is 29.3 Å². The predicted octanol–water partition coefficient (Wildman–Crippen LogP) is 1.53. The Kier molecular flexibility index (Phi) is 7.19. The number of nitrogens with zero attached hydrogens (tertiary/aromatic N) is 2. The van der Waals surface area contributed by atoms with E-state index in [4.69, 9.17) is 10.5 Å². The maximum absolute atomic E-state index is 12.9. The molecule has 1 aromatic heterocycles. The van der Waals surface area contributed by atoms with Crippen molar-refractivity contribution in [2.75, 3.05) is 24.3 Å². The summed E-state index contributed by atoms with van der Waals surface area (Å²) in [6.07, 6.45) is 2.49. The SMILES string of the molecule is CN(C(=O)COC(=O)C=Cc1ccc(F)cc1)c1c(N)n(Cc2ccccc2)c(=O)[nH]c1=O. The number of aromatic nitrogens is 2. The van der Waals surface area contributed by atoms with Crippen molar-refractivity contribution in [1.82, 2.24) is 9.55 Å². The van der Waals surface area contributed by atoms with Gasteiger partial charge in [-0.3, -0.25) is 19.1 Å².